The van der Waals surface area contributed by atoms with E-state index < -0.39 is 11.9 Å². The molecule has 6 heteroatoms. The summed E-state index contributed by atoms with van der Waals surface area (Å²) in [6.45, 7) is 0. The first-order valence-corrected chi connectivity index (χ1v) is 3.57. The zero-order valence-corrected chi connectivity index (χ0v) is 6.91. The number of hydrogen-bond donors (Lipinski definition) is 2. The van der Waals surface area contributed by atoms with Gasteiger partial charge in [-0.15, -0.1) is 0 Å². The van der Waals surface area contributed by atoms with Gasteiger partial charge in [0.05, 0.1) is 11.9 Å². The zero-order valence-electron chi connectivity index (χ0n) is 6.91. The van der Waals surface area contributed by atoms with Gasteiger partial charge in [0.2, 0.25) is 0 Å². The van der Waals surface area contributed by atoms with Gasteiger partial charge in [-0.05, 0) is 6.08 Å². The third-order valence-corrected chi connectivity index (χ3v) is 1.37. The number of rotatable bonds is 0. The van der Waals surface area contributed by atoms with Crippen LogP contribution < -0.4 is 0 Å². The number of nitrogens with zero attached hydrogens (tertiary/aromatic N) is 2. The number of aliphatic carboxylic acids is 2. The Balaban J connectivity index is 0.000000149. The van der Waals surface area contributed by atoms with Gasteiger partial charge in [0.15, 0.2) is 0 Å². The smallest absolute Gasteiger partial charge is 0.414 e. The summed E-state index contributed by atoms with van der Waals surface area (Å²) in [6.07, 6.45) is 7.67. The van der Waals surface area contributed by atoms with Gasteiger partial charge in [0.25, 0.3) is 0 Å². The molecular weight excluding hydrogens is 188 g/mol. The molecule has 0 atom stereocenters. The normalized spacial score (nSPS) is 15.1. The summed E-state index contributed by atoms with van der Waals surface area (Å²) in [4.78, 5) is 18.2. The molecule has 0 spiro atoms. The molecule has 1 aliphatic heterocycles. The van der Waals surface area contributed by atoms with Gasteiger partial charge in [-0.25, -0.2) is 9.59 Å². The summed E-state index contributed by atoms with van der Waals surface area (Å²) in [5.74, 6) is -3.65. The lowest BCUT2D eigenvalue weighted by atomic mass is 10.3. The molecule has 0 aromatic rings. The lowest BCUT2D eigenvalue weighted by molar-refractivity contribution is -0.159. The molecule has 72 valence electrons. The van der Waals surface area contributed by atoms with Gasteiger partial charge in [-0.3, -0.25) is 0 Å². The summed E-state index contributed by atoms with van der Waals surface area (Å²) in [5.41, 5.74) is 2.12. The van der Waals surface area contributed by atoms with Crippen LogP contribution in [0.1, 0.15) is 0 Å². The SMILES string of the molecule is C1=CC2=CN=NC2=C1.O=C(O)C(=O)O. The maximum Gasteiger partial charge on any atom is 0.414 e. The van der Waals surface area contributed by atoms with E-state index in [0.717, 1.165) is 11.3 Å². The molecule has 0 aromatic carbocycles. The molecule has 1 aliphatic carbocycles. The Bertz CT molecular complexity index is 352. The second-order valence-electron chi connectivity index (χ2n) is 2.32. The van der Waals surface area contributed by atoms with Crippen LogP contribution in [-0.4, -0.2) is 22.2 Å². The molecule has 0 fully saturated rings. The zero-order chi connectivity index (χ0) is 10.6. The average molecular weight is 194 g/mol. The molecule has 6 nitrogen and oxygen atoms in total. The molecule has 1 heterocycles. The average Bonchev–Trinajstić information content (AvgIpc) is 2.63. The van der Waals surface area contributed by atoms with E-state index in [4.69, 9.17) is 19.8 Å². The van der Waals surface area contributed by atoms with Gasteiger partial charge < -0.3 is 10.2 Å². The summed E-state index contributed by atoms with van der Waals surface area (Å²) in [5, 5.41) is 22.3. The van der Waals surface area contributed by atoms with E-state index >= 15 is 0 Å². The Labute approximate surface area is 78.6 Å². The van der Waals surface area contributed by atoms with Crippen molar-refractivity contribution in [2.45, 2.75) is 0 Å². The first-order valence-electron chi connectivity index (χ1n) is 3.57. The monoisotopic (exact) mass is 194 g/mol. The minimum absolute atomic E-state index is 0.991. The molecule has 14 heavy (non-hydrogen) atoms. The molecular formula is C8H6N2O4. The van der Waals surface area contributed by atoms with Crippen LogP contribution in [0.25, 0.3) is 0 Å². The topological polar surface area (TPSA) is 99.3 Å². The van der Waals surface area contributed by atoms with Crippen LogP contribution in [0.5, 0.6) is 0 Å². The summed E-state index contributed by atoms with van der Waals surface area (Å²) in [6, 6.07) is 0. The highest BCUT2D eigenvalue weighted by Crippen LogP contribution is 2.23. The van der Waals surface area contributed by atoms with Crippen molar-refractivity contribution in [2.24, 2.45) is 10.2 Å². The van der Waals surface area contributed by atoms with Crippen LogP contribution in [0.4, 0.5) is 0 Å². The molecule has 0 aromatic heterocycles. The van der Waals surface area contributed by atoms with Crippen molar-refractivity contribution in [1.29, 1.82) is 0 Å². The van der Waals surface area contributed by atoms with Gasteiger partial charge in [0.1, 0.15) is 0 Å². The van der Waals surface area contributed by atoms with Crippen LogP contribution in [-0.2, 0) is 9.59 Å². The van der Waals surface area contributed by atoms with E-state index in [1.54, 1.807) is 6.20 Å². The highest BCUT2D eigenvalue weighted by atomic mass is 16.4. The van der Waals surface area contributed by atoms with E-state index in [0.29, 0.717) is 0 Å². The van der Waals surface area contributed by atoms with Crippen molar-refractivity contribution < 1.29 is 19.8 Å². The lowest BCUT2D eigenvalue weighted by Crippen LogP contribution is -2.09. The quantitative estimate of drug-likeness (QED) is 0.560. The van der Waals surface area contributed by atoms with Crippen LogP contribution in [0, 0.1) is 0 Å². The molecule has 0 radical (unpaired) electrons. The molecule has 0 unspecified atom stereocenters. The Morgan fingerprint density at radius 1 is 1.21 bits per heavy atom. The fourth-order valence-corrected chi connectivity index (χ4v) is 0.778. The van der Waals surface area contributed by atoms with Gasteiger partial charge in [-0.1, -0.05) is 12.2 Å². The minimum Gasteiger partial charge on any atom is -0.473 e. The van der Waals surface area contributed by atoms with E-state index in [9.17, 15) is 0 Å². The fourth-order valence-electron chi connectivity index (χ4n) is 0.778. The number of hydrogen-bond acceptors (Lipinski definition) is 4. The molecule has 0 saturated carbocycles. The van der Waals surface area contributed by atoms with Crippen molar-refractivity contribution in [3.63, 3.8) is 0 Å². The molecule has 2 rings (SSSR count). The number of carbonyl (C=O) groups is 2. The van der Waals surface area contributed by atoms with Gasteiger partial charge >= 0.3 is 11.9 Å². The van der Waals surface area contributed by atoms with Crippen molar-refractivity contribution in [1.82, 2.24) is 0 Å². The Hall–Kier alpha value is -2.24. The maximum absolute atomic E-state index is 9.10. The third-order valence-electron chi connectivity index (χ3n) is 1.37. The largest absolute Gasteiger partial charge is 0.473 e. The standard InChI is InChI=1S/C6H4N2.C2H2O4/c1-2-5-4-7-8-6(5)3-1;3-1(4)2(5)6/h1-4H;(H,3,4)(H,5,6). The second kappa shape index (κ2) is 4.13. The molecule has 0 bridgehead atoms. The Morgan fingerprint density at radius 2 is 1.86 bits per heavy atom. The van der Waals surface area contributed by atoms with E-state index in [1.807, 2.05) is 18.2 Å². The molecule has 0 saturated heterocycles. The van der Waals surface area contributed by atoms with Crippen molar-refractivity contribution in [3.8, 4) is 0 Å². The second-order valence-corrected chi connectivity index (χ2v) is 2.32. The van der Waals surface area contributed by atoms with Crippen LogP contribution in [0.15, 0.2) is 45.9 Å². The molecule has 2 N–H and O–H groups in total. The lowest BCUT2D eigenvalue weighted by Gasteiger charge is -1.80. The van der Waals surface area contributed by atoms with Gasteiger partial charge in [0, 0.05) is 5.57 Å². The van der Waals surface area contributed by atoms with E-state index in [2.05, 4.69) is 10.2 Å². The fraction of sp³-hybridized carbons (Fsp3) is 0. The first kappa shape index (κ1) is 9.85. The highest BCUT2D eigenvalue weighted by molar-refractivity contribution is 6.27. The summed E-state index contributed by atoms with van der Waals surface area (Å²) < 4.78 is 0. The predicted octanol–water partition coefficient (Wildman–Crippen LogP) is 0.945. The Kier molecular flexibility index (Phi) is 2.90. The first-order chi connectivity index (χ1) is 6.61. The maximum atomic E-state index is 9.10. The van der Waals surface area contributed by atoms with Crippen LogP contribution in [0.2, 0.25) is 0 Å². The Morgan fingerprint density at radius 3 is 2.36 bits per heavy atom. The third kappa shape index (κ3) is 2.37. The number of allylic oxidation sites excluding steroid dienone is 3. The van der Waals surface area contributed by atoms with Crippen molar-refractivity contribution in [3.05, 3.63) is 35.7 Å². The highest BCUT2D eigenvalue weighted by Gasteiger charge is 2.07. The van der Waals surface area contributed by atoms with Crippen molar-refractivity contribution >= 4 is 11.9 Å². The summed E-state index contributed by atoms with van der Waals surface area (Å²) >= 11 is 0. The van der Waals surface area contributed by atoms with E-state index in [-0.39, 0.29) is 0 Å². The number of carboxylic acid groups (broad SMARTS) is 2. The predicted molar refractivity (Wildman–Crippen MR) is 45.4 cm³/mol. The van der Waals surface area contributed by atoms with Gasteiger partial charge in [-0.2, -0.15) is 10.2 Å². The number of carboxylic acids is 2. The van der Waals surface area contributed by atoms with Crippen molar-refractivity contribution in [2.75, 3.05) is 0 Å². The summed E-state index contributed by atoms with van der Waals surface area (Å²) in [7, 11) is 0. The van der Waals surface area contributed by atoms with E-state index in [1.165, 1.54) is 0 Å². The molecule has 0 amide bonds. The van der Waals surface area contributed by atoms with Crippen LogP contribution >= 0.6 is 0 Å². The minimum atomic E-state index is -1.82. The number of azo groups is 1. The number of fused-ring (bicyclic) bond motifs is 1. The molecule has 2 aliphatic rings. The van der Waals surface area contributed by atoms with Crippen LogP contribution in [0.3, 0.4) is 0 Å².